The summed E-state index contributed by atoms with van der Waals surface area (Å²) in [7, 11) is -4.25. The average Bonchev–Trinajstić information content (AvgIpc) is 2.98. The topological polar surface area (TPSA) is 73.4 Å². The fourth-order valence-electron chi connectivity index (χ4n) is 4.06. The Labute approximate surface area is 198 Å². The molecule has 1 amide bonds. The smallest absolute Gasteiger partial charge is 0.410 e. The van der Waals surface area contributed by atoms with Gasteiger partial charge in [0.05, 0.1) is 11.4 Å². The first-order valence-electron chi connectivity index (χ1n) is 11.1. The van der Waals surface area contributed by atoms with Gasteiger partial charge < -0.3 is 9.64 Å². The zero-order valence-corrected chi connectivity index (χ0v) is 20.2. The lowest BCUT2D eigenvalue weighted by Gasteiger charge is -2.36. The molecule has 0 unspecified atom stereocenters. The molecule has 0 aliphatic carbocycles. The Hall–Kier alpha value is -2.92. The Morgan fingerprint density at radius 1 is 0.912 bits per heavy atom. The highest BCUT2D eigenvalue weighted by Crippen LogP contribution is 2.46. The summed E-state index contributed by atoms with van der Waals surface area (Å²) < 4.78 is 63.2. The lowest BCUT2D eigenvalue weighted by molar-refractivity contribution is 0.0148. The van der Waals surface area contributed by atoms with E-state index in [-0.39, 0.29) is 18.3 Å². The number of anilines is 3. The highest BCUT2D eigenvalue weighted by Gasteiger charge is 2.43. The predicted molar refractivity (Wildman–Crippen MR) is 125 cm³/mol. The minimum Gasteiger partial charge on any atom is -0.444 e. The Balaban J connectivity index is 1.48. The number of hydrogen-bond donors (Lipinski definition) is 0. The van der Waals surface area contributed by atoms with Crippen LogP contribution in [0, 0.1) is 11.6 Å². The molecule has 4 rings (SSSR count). The van der Waals surface area contributed by atoms with E-state index in [4.69, 9.17) is 4.74 Å². The van der Waals surface area contributed by atoms with Gasteiger partial charge in [-0.05, 0) is 45.0 Å². The minimum absolute atomic E-state index is 0.0956. The number of carbonyl (C=O) groups is 1. The van der Waals surface area contributed by atoms with Crippen molar-refractivity contribution in [2.45, 2.75) is 26.4 Å². The molecule has 1 saturated heterocycles. The lowest BCUT2D eigenvalue weighted by Crippen LogP contribution is -2.51. The van der Waals surface area contributed by atoms with E-state index in [2.05, 4.69) is 0 Å². The van der Waals surface area contributed by atoms with Crippen LogP contribution in [0.3, 0.4) is 0 Å². The Kier molecular flexibility index (Phi) is 6.43. The summed E-state index contributed by atoms with van der Waals surface area (Å²) in [6, 6.07) is 9.70. The first-order valence-corrected chi connectivity index (χ1v) is 12.4. The summed E-state index contributed by atoms with van der Waals surface area (Å²) in [6.07, 6.45) is -0.370. The lowest BCUT2D eigenvalue weighted by atomic mass is 10.2. The van der Waals surface area contributed by atoms with E-state index in [1.165, 1.54) is 16.4 Å². The van der Waals surface area contributed by atoms with Crippen molar-refractivity contribution in [2.24, 2.45) is 0 Å². The molecule has 1 fully saturated rings. The average molecular weight is 495 g/mol. The quantitative estimate of drug-likeness (QED) is 0.648. The summed E-state index contributed by atoms with van der Waals surface area (Å²) >= 11 is 0. The maximum atomic E-state index is 14.5. The number of nitrogens with zero attached hydrogens (tertiary/aromatic N) is 4. The van der Waals surface area contributed by atoms with E-state index in [9.17, 15) is 22.0 Å². The van der Waals surface area contributed by atoms with Crippen molar-refractivity contribution in [2.75, 3.05) is 47.9 Å². The first-order chi connectivity index (χ1) is 16.0. The molecule has 0 spiro atoms. The van der Waals surface area contributed by atoms with Crippen molar-refractivity contribution >= 4 is 33.4 Å². The molecule has 0 atom stereocenters. The van der Waals surface area contributed by atoms with Gasteiger partial charge >= 0.3 is 16.3 Å². The summed E-state index contributed by atoms with van der Waals surface area (Å²) in [5, 5.41) is 0. The van der Waals surface area contributed by atoms with Crippen LogP contribution in [0.2, 0.25) is 0 Å². The molecular weight excluding hydrogens is 466 g/mol. The Morgan fingerprint density at radius 3 is 2.09 bits per heavy atom. The molecule has 0 saturated carbocycles. The number of carbonyl (C=O) groups excluding carboxylic acids is 1. The normalized spacial score (nSPS) is 18.2. The van der Waals surface area contributed by atoms with Crippen molar-refractivity contribution < 1.29 is 26.7 Å². The Morgan fingerprint density at radius 2 is 1.50 bits per heavy atom. The summed E-state index contributed by atoms with van der Waals surface area (Å²) in [5.74, 6) is -1.92. The molecule has 2 heterocycles. The van der Waals surface area contributed by atoms with Gasteiger partial charge in [-0.3, -0.25) is 4.90 Å². The van der Waals surface area contributed by atoms with Gasteiger partial charge in [0.2, 0.25) is 0 Å². The molecule has 0 bridgehead atoms. The second-order valence-corrected chi connectivity index (χ2v) is 10.9. The van der Waals surface area contributed by atoms with E-state index in [0.717, 1.165) is 16.4 Å². The molecule has 2 aromatic rings. The van der Waals surface area contributed by atoms with E-state index in [0.29, 0.717) is 38.4 Å². The number of halogens is 2. The highest BCUT2D eigenvalue weighted by molar-refractivity contribution is 7.95. The predicted octanol–water partition coefficient (Wildman–Crippen LogP) is 3.72. The molecule has 184 valence electrons. The van der Waals surface area contributed by atoms with Gasteiger partial charge in [0.25, 0.3) is 0 Å². The first kappa shape index (κ1) is 24.2. The second-order valence-electron chi connectivity index (χ2n) is 9.21. The van der Waals surface area contributed by atoms with E-state index in [1.807, 2.05) is 25.7 Å². The van der Waals surface area contributed by atoms with Gasteiger partial charge in [-0.1, -0.05) is 18.2 Å². The van der Waals surface area contributed by atoms with Gasteiger partial charge in [0.15, 0.2) is 11.6 Å². The van der Waals surface area contributed by atoms with Crippen molar-refractivity contribution in [3.63, 3.8) is 0 Å². The van der Waals surface area contributed by atoms with Crippen LogP contribution >= 0.6 is 0 Å². The summed E-state index contributed by atoms with van der Waals surface area (Å²) in [4.78, 5) is 15.9. The molecule has 11 heteroatoms. The molecule has 2 aliphatic rings. The third kappa shape index (κ3) is 4.67. The SMILES string of the molecule is CC(C)(C)OC(=O)N1CCN(CCN2c3ccccc3N(c3c(F)cccc3F)S2(=O)=O)CC1. The number of piperazine rings is 1. The molecule has 0 aromatic heterocycles. The number of para-hydroxylation sites is 3. The minimum atomic E-state index is -4.25. The van der Waals surface area contributed by atoms with Crippen LogP contribution in [0.25, 0.3) is 0 Å². The highest BCUT2D eigenvalue weighted by atomic mass is 32.2. The van der Waals surface area contributed by atoms with Gasteiger partial charge in [-0.25, -0.2) is 22.2 Å². The van der Waals surface area contributed by atoms with Gasteiger partial charge in [-0.2, -0.15) is 8.42 Å². The van der Waals surface area contributed by atoms with E-state index >= 15 is 0 Å². The van der Waals surface area contributed by atoms with Crippen LogP contribution < -0.4 is 8.61 Å². The summed E-state index contributed by atoms with van der Waals surface area (Å²) in [5.41, 5.74) is -0.642. The molecule has 2 aliphatic heterocycles. The third-order valence-corrected chi connectivity index (χ3v) is 7.44. The van der Waals surface area contributed by atoms with Gasteiger partial charge in [0, 0.05) is 39.3 Å². The van der Waals surface area contributed by atoms with Crippen LogP contribution in [-0.2, 0) is 14.9 Å². The molecule has 8 nitrogen and oxygen atoms in total. The fraction of sp³-hybridized carbons (Fsp3) is 0.435. The van der Waals surface area contributed by atoms with Crippen LogP contribution in [0.15, 0.2) is 42.5 Å². The molecule has 2 aromatic carbocycles. The molecule has 34 heavy (non-hydrogen) atoms. The van der Waals surface area contributed by atoms with Crippen molar-refractivity contribution in [1.29, 1.82) is 0 Å². The van der Waals surface area contributed by atoms with Crippen molar-refractivity contribution in [3.05, 3.63) is 54.1 Å². The zero-order valence-electron chi connectivity index (χ0n) is 19.4. The van der Waals surface area contributed by atoms with Crippen LogP contribution in [0.5, 0.6) is 0 Å². The van der Waals surface area contributed by atoms with Crippen LogP contribution in [0.4, 0.5) is 30.6 Å². The zero-order chi connectivity index (χ0) is 24.7. The van der Waals surface area contributed by atoms with E-state index < -0.39 is 33.1 Å². The monoisotopic (exact) mass is 494 g/mol. The van der Waals surface area contributed by atoms with Gasteiger partial charge in [0.1, 0.15) is 11.3 Å². The standard InChI is InChI=1S/C23H28F2N4O4S/c1-23(2,3)33-22(30)27-14-11-26(12-15-27)13-16-28-19-9-4-5-10-20(19)29(34(28,31)32)21-17(24)7-6-8-18(21)25/h4-10H,11-16H2,1-3H3. The molecule has 0 N–H and O–H groups in total. The maximum Gasteiger partial charge on any atom is 0.410 e. The van der Waals surface area contributed by atoms with Crippen molar-refractivity contribution in [1.82, 2.24) is 9.80 Å². The molecule has 0 radical (unpaired) electrons. The number of ether oxygens (including phenoxy) is 1. The molecular formula is C23H28F2N4O4S. The number of amides is 1. The number of fused-ring (bicyclic) bond motifs is 1. The van der Waals surface area contributed by atoms with Crippen molar-refractivity contribution in [3.8, 4) is 0 Å². The number of benzene rings is 2. The van der Waals surface area contributed by atoms with Crippen LogP contribution in [0.1, 0.15) is 20.8 Å². The van der Waals surface area contributed by atoms with E-state index in [1.54, 1.807) is 23.1 Å². The number of hydrogen-bond acceptors (Lipinski definition) is 5. The summed E-state index contributed by atoms with van der Waals surface area (Å²) in [6.45, 7) is 7.96. The fourth-order valence-corrected chi connectivity index (χ4v) is 5.78. The third-order valence-electron chi connectivity index (χ3n) is 5.66. The van der Waals surface area contributed by atoms with Crippen LogP contribution in [-0.4, -0.2) is 69.2 Å². The largest absolute Gasteiger partial charge is 0.444 e. The van der Waals surface area contributed by atoms with Gasteiger partial charge in [-0.15, -0.1) is 0 Å². The maximum absolute atomic E-state index is 14.5. The Bertz CT molecular complexity index is 1160. The number of rotatable bonds is 4. The second kappa shape index (κ2) is 9.03.